The topological polar surface area (TPSA) is 3.24 Å². The predicted octanol–water partition coefficient (Wildman–Crippen LogP) is 13.1. The van der Waals surface area contributed by atoms with E-state index in [0.717, 1.165) is 17.1 Å². The summed E-state index contributed by atoms with van der Waals surface area (Å²) < 4.78 is 0. The van der Waals surface area contributed by atoms with Gasteiger partial charge >= 0.3 is 0 Å². The van der Waals surface area contributed by atoms with Crippen LogP contribution < -0.4 is 4.90 Å². The Balaban J connectivity index is 1.32. The molecule has 7 aromatic rings. The van der Waals surface area contributed by atoms with E-state index in [-0.39, 0.29) is 10.8 Å². The molecule has 0 saturated heterocycles. The molecule has 0 radical (unpaired) electrons. The first kappa shape index (κ1) is 29.5. The van der Waals surface area contributed by atoms with Crippen molar-refractivity contribution in [2.75, 3.05) is 4.90 Å². The van der Waals surface area contributed by atoms with Crippen molar-refractivity contribution in [2.24, 2.45) is 0 Å². The molecule has 2 aliphatic rings. The third-order valence-corrected chi connectivity index (χ3v) is 11.1. The maximum Gasteiger partial charge on any atom is 0.0540 e. The van der Waals surface area contributed by atoms with Crippen LogP contribution in [0.3, 0.4) is 0 Å². The molecule has 0 aliphatic heterocycles. The summed E-state index contributed by atoms with van der Waals surface area (Å²) in [5.74, 6) is 0. The normalized spacial score (nSPS) is 14.4. The first-order valence-corrected chi connectivity index (χ1v) is 17.4. The Kier molecular flexibility index (Phi) is 6.58. The molecule has 49 heavy (non-hydrogen) atoms. The van der Waals surface area contributed by atoms with Crippen molar-refractivity contribution in [3.63, 3.8) is 0 Å². The molecule has 0 unspecified atom stereocenters. The van der Waals surface area contributed by atoms with E-state index in [2.05, 4.69) is 196 Å². The standard InChI is InChI=1S/C48H39N/c1-47(2)42-24-14-12-21-39(42)46-38(22-15-25-43(46)47)40-30-33(32-16-7-5-8-17-32)26-29-45(40)49(34-18-9-6-10-19-34)35-27-28-37-36-20-11-13-23-41(36)48(3,4)44(37)31-35/h5-31H,1-4H3. The van der Waals surface area contributed by atoms with Crippen LogP contribution in [0.2, 0.25) is 0 Å². The van der Waals surface area contributed by atoms with Crippen LogP contribution in [0.15, 0.2) is 164 Å². The summed E-state index contributed by atoms with van der Waals surface area (Å²) >= 11 is 0. The van der Waals surface area contributed by atoms with Crippen molar-refractivity contribution < 1.29 is 0 Å². The van der Waals surface area contributed by atoms with E-state index in [1.807, 2.05) is 0 Å². The Bertz CT molecular complexity index is 2380. The number of para-hydroxylation sites is 1. The van der Waals surface area contributed by atoms with E-state index in [1.54, 1.807) is 0 Å². The van der Waals surface area contributed by atoms with Crippen LogP contribution in [0.25, 0.3) is 44.5 Å². The maximum atomic E-state index is 2.47. The molecule has 0 fully saturated rings. The second-order valence-corrected chi connectivity index (χ2v) is 14.6. The highest BCUT2D eigenvalue weighted by molar-refractivity contribution is 5.99. The van der Waals surface area contributed by atoms with Gasteiger partial charge < -0.3 is 4.90 Å². The Morgan fingerprint density at radius 2 is 0.918 bits per heavy atom. The van der Waals surface area contributed by atoms with Gasteiger partial charge in [0.25, 0.3) is 0 Å². The minimum Gasteiger partial charge on any atom is -0.310 e. The highest BCUT2D eigenvalue weighted by Crippen LogP contribution is 2.55. The van der Waals surface area contributed by atoms with Gasteiger partial charge in [-0.05, 0) is 97.6 Å². The summed E-state index contributed by atoms with van der Waals surface area (Å²) in [6.07, 6.45) is 0. The van der Waals surface area contributed by atoms with E-state index >= 15 is 0 Å². The molecule has 9 rings (SSSR count). The molecule has 0 spiro atoms. The van der Waals surface area contributed by atoms with Gasteiger partial charge in [0.15, 0.2) is 0 Å². The molecule has 0 heterocycles. The quantitative estimate of drug-likeness (QED) is 0.183. The van der Waals surface area contributed by atoms with Gasteiger partial charge in [0.05, 0.1) is 5.69 Å². The summed E-state index contributed by atoms with van der Waals surface area (Å²) in [6.45, 7) is 9.45. The fraction of sp³-hybridized carbons (Fsp3) is 0.125. The summed E-state index contributed by atoms with van der Waals surface area (Å²) in [5, 5.41) is 0. The molecule has 0 bridgehead atoms. The lowest BCUT2D eigenvalue weighted by atomic mass is 9.81. The summed E-state index contributed by atoms with van der Waals surface area (Å²) in [7, 11) is 0. The zero-order valence-electron chi connectivity index (χ0n) is 28.5. The number of anilines is 3. The van der Waals surface area contributed by atoms with E-state index < -0.39 is 0 Å². The number of rotatable bonds is 5. The van der Waals surface area contributed by atoms with Gasteiger partial charge in [-0.15, -0.1) is 0 Å². The first-order valence-electron chi connectivity index (χ1n) is 17.4. The maximum absolute atomic E-state index is 2.47. The number of benzene rings is 7. The third kappa shape index (κ3) is 4.46. The molecule has 0 aromatic heterocycles. The van der Waals surface area contributed by atoms with Crippen LogP contribution in [0.5, 0.6) is 0 Å². The van der Waals surface area contributed by atoms with E-state index in [0.29, 0.717) is 0 Å². The van der Waals surface area contributed by atoms with Gasteiger partial charge in [-0.3, -0.25) is 0 Å². The molecule has 2 aliphatic carbocycles. The fourth-order valence-corrected chi connectivity index (χ4v) is 8.57. The summed E-state index contributed by atoms with van der Waals surface area (Å²) in [5.41, 5.74) is 19.1. The minimum atomic E-state index is -0.0974. The van der Waals surface area contributed by atoms with Gasteiger partial charge in [0, 0.05) is 27.8 Å². The Morgan fingerprint density at radius 3 is 1.67 bits per heavy atom. The van der Waals surface area contributed by atoms with Gasteiger partial charge in [-0.1, -0.05) is 155 Å². The summed E-state index contributed by atoms with van der Waals surface area (Å²) in [6, 6.07) is 60.5. The molecule has 1 nitrogen and oxygen atoms in total. The second-order valence-electron chi connectivity index (χ2n) is 14.6. The van der Waals surface area contributed by atoms with Crippen molar-refractivity contribution in [3.8, 4) is 44.5 Å². The molecule has 0 N–H and O–H groups in total. The van der Waals surface area contributed by atoms with Crippen molar-refractivity contribution in [1.82, 2.24) is 0 Å². The number of hydrogen-bond acceptors (Lipinski definition) is 1. The molecule has 1 heteroatoms. The van der Waals surface area contributed by atoms with Crippen LogP contribution in [-0.4, -0.2) is 0 Å². The smallest absolute Gasteiger partial charge is 0.0540 e. The molecule has 236 valence electrons. The lowest BCUT2D eigenvalue weighted by molar-refractivity contribution is 0.660. The molecule has 7 aromatic carbocycles. The van der Waals surface area contributed by atoms with Crippen molar-refractivity contribution >= 4 is 17.1 Å². The van der Waals surface area contributed by atoms with E-state index in [1.165, 1.54) is 66.8 Å². The van der Waals surface area contributed by atoms with Crippen molar-refractivity contribution in [3.05, 3.63) is 186 Å². The predicted molar refractivity (Wildman–Crippen MR) is 207 cm³/mol. The van der Waals surface area contributed by atoms with Gasteiger partial charge in [-0.25, -0.2) is 0 Å². The zero-order valence-corrected chi connectivity index (χ0v) is 28.5. The Morgan fingerprint density at radius 1 is 0.347 bits per heavy atom. The average Bonchev–Trinajstić information content (AvgIpc) is 3.52. The Labute approximate surface area is 290 Å². The second kappa shape index (κ2) is 10.9. The largest absolute Gasteiger partial charge is 0.310 e. The van der Waals surface area contributed by atoms with Gasteiger partial charge in [0.2, 0.25) is 0 Å². The highest BCUT2D eigenvalue weighted by Gasteiger charge is 2.38. The zero-order chi connectivity index (χ0) is 33.3. The van der Waals surface area contributed by atoms with Gasteiger partial charge in [-0.2, -0.15) is 0 Å². The monoisotopic (exact) mass is 629 g/mol. The number of fused-ring (bicyclic) bond motifs is 6. The van der Waals surface area contributed by atoms with Gasteiger partial charge in [0.1, 0.15) is 0 Å². The van der Waals surface area contributed by atoms with Crippen LogP contribution in [0, 0.1) is 0 Å². The fourth-order valence-electron chi connectivity index (χ4n) is 8.57. The lowest BCUT2D eigenvalue weighted by Crippen LogP contribution is -2.17. The molecular formula is C48H39N. The molecular weight excluding hydrogens is 591 g/mol. The third-order valence-electron chi connectivity index (χ3n) is 11.1. The van der Waals surface area contributed by atoms with Crippen LogP contribution >= 0.6 is 0 Å². The van der Waals surface area contributed by atoms with Crippen molar-refractivity contribution in [1.29, 1.82) is 0 Å². The Hall–Kier alpha value is -5.66. The molecule has 0 saturated carbocycles. The van der Waals surface area contributed by atoms with E-state index in [9.17, 15) is 0 Å². The number of nitrogens with zero attached hydrogens (tertiary/aromatic N) is 1. The first-order chi connectivity index (χ1) is 23.8. The highest BCUT2D eigenvalue weighted by atomic mass is 15.1. The number of hydrogen-bond donors (Lipinski definition) is 0. The lowest BCUT2D eigenvalue weighted by Gasteiger charge is -2.30. The van der Waals surface area contributed by atoms with Crippen LogP contribution in [-0.2, 0) is 10.8 Å². The SMILES string of the molecule is CC1(C)c2ccccc2-c2ccc(N(c3ccccc3)c3ccc(-c4ccccc4)cc3-c3cccc4c3-c3ccccc3C4(C)C)cc21. The van der Waals surface area contributed by atoms with E-state index in [4.69, 9.17) is 0 Å². The molecule has 0 atom stereocenters. The average molecular weight is 630 g/mol. The minimum absolute atomic E-state index is 0.0845. The van der Waals surface area contributed by atoms with Crippen LogP contribution in [0.1, 0.15) is 49.9 Å². The molecule has 0 amide bonds. The van der Waals surface area contributed by atoms with Crippen molar-refractivity contribution in [2.45, 2.75) is 38.5 Å². The van der Waals surface area contributed by atoms with Crippen LogP contribution in [0.4, 0.5) is 17.1 Å². The summed E-state index contributed by atoms with van der Waals surface area (Å²) in [4.78, 5) is 2.47.